The SMILES string of the molecule is CC(C)=CCn1c2cc(=O)ccc-2nc2ccccc21. The number of nitrogens with zero attached hydrogens (tertiary/aromatic N) is 2. The van der Waals surface area contributed by atoms with E-state index >= 15 is 0 Å². The second-order valence-electron chi connectivity index (χ2n) is 5.14. The van der Waals surface area contributed by atoms with E-state index in [1.165, 1.54) is 5.57 Å². The molecule has 0 amide bonds. The lowest BCUT2D eigenvalue weighted by molar-refractivity contribution is 0.845. The molecule has 0 saturated carbocycles. The van der Waals surface area contributed by atoms with E-state index in [0.717, 1.165) is 29.0 Å². The molecule has 0 atom stereocenters. The number of benzene rings is 2. The van der Waals surface area contributed by atoms with E-state index in [9.17, 15) is 4.79 Å². The molecule has 1 aliphatic heterocycles. The van der Waals surface area contributed by atoms with E-state index in [1.807, 2.05) is 24.3 Å². The molecule has 0 unspecified atom stereocenters. The molecule has 0 fully saturated rings. The second-order valence-corrected chi connectivity index (χ2v) is 5.14. The van der Waals surface area contributed by atoms with Gasteiger partial charge in [-0.1, -0.05) is 23.8 Å². The van der Waals surface area contributed by atoms with E-state index in [4.69, 9.17) is 0 Å². The molecular formula is C17H16N2O. The summed E-state index contributed by atoms with van der Waals surface area (Å²) in [4.78, 5) is 16.3. The van der Waals surface area contributed by atoms with Crippen LogP contribution in [-0.4, -0.2) is 9.55 Å². The first-order valence-electron chi connectivity index (χ1n) is 6.68. The molecule has 0 saturated heterocycles. The van der Waals surface area contributed by atoms with Crippen LogP contribution in [0.1, 0.15) is 13.8 Å². The van der Waals surface area contributed by atoms with Gasteiger partial charge in [0.2, 0.25) is 0 Å². The Morgan fingerprint density at radius 1 is 1.20 bits per heavy atom. The van der Waals surface area contributed by atoms with Gasteiger partial charge in [-0.15, -0.1) is 0 Å². The van der Waals surface area contributed by atoms with Crippen molar-refractivity contribution in [2.75, 3.05) is 0 Å². The normalized spacial score (nSPS) is 10.9. The third kappa shape index (κ3) is 2.23. The summed E-state index contributed by atoms with van der Waals surface area (Å²) in [6, 6.07) is 13.0. The van der Waals surface area contributed by atoms with Crippen LogP contribution in [0.2, 0.25) is 0 Å². The lowest BCUT2D eigenvalue weighted by atomic mass is 10.1. The van der Waals surface area contributed by atoms with Gasteiger partial charge in [0.05, 0.1) is 22.4 Å². The van der Waals surface area contributed by atoms with Gasteiger partial charge in [-0.05, 0) is 38.1 Å². The van der Waals surface area contributed by atoms with Gasteiger partial charge in [0.15, 0.2) is 5.43 Å². The lowest BCUT2D eigenvalue weighted by Crippen LogP contribution is -2.10. The van der Waals surface area contributed by atoms with Gasteiger partial charge < -0.3 is 4.57 Å². The van der Waals surface area contributed by atoms with Crippen molar-refractivity contribution in [3.63, 3.8) is 0 Å². The summed E-state index contributed by atoms with van der Waals surface area (Å²) in [7, 11) is 0. The maximum atomic E-state index is 11.7. The molecule has 3 rings (SSSR count). The predicted molar refractivity (Wildman–Crippen MR) is 82.1 cm³/mol. The Labute approximate surface area is 117 Å². The van der Waals surface area contributed by atoms with Crippen LogP contribution in [0.25, 0.3) is 22.4 Å². The van der Waals surface area contributed by atoms with Gasteiger partial charge in [-0.3, -0.25) is 4.79 Å². The zero-order valence-corrected chi connectivity index (χ0v) is 11.6. The van der Waals surface area contributed by atoms with Crippen molar-refractivity contribution in [2.24, 2.45) is 0 Å². The fraction of sp³-hybridized carbons (Fsp3) is 0.176. The number of allylic oxidation sites excluding steroid dienone is 2. The van der Waals surface area contributed by atoms with Gasteiger partial charge in [0, 0.05) is 12.6 Å². The van der Waals surface area contributed by atoms with Crippen LogP contribution in [0.5, 0.6) is 0 Å². The summed E-state index contributed by atoms with van der Waals surface area (Å²) in [6.07, 6.45) is 2.16. The molecule has 0 aromatic heterocycles. The minimum absolute atomic E-state index is 0.0144. The summed E-state index contributed by atoms with van der Waals surface area (Å²) < 4.78 is 2.14. The molecule has 1 heterocycles. The van der Waals surface area contributed by atoms with Crippen LogP contribution >= 0.6 is 0 Å². The fourth-order valence-corrected chi connectivity index (χ4v) is 2.33. The average molecular weight is 264 g/mol. The molecule has 1 aromatic carbocycles. The standard InChI is InChI=1S/C17H16N2O/c1-12(2)9-10-19-16-6-4-3-5-14(16)18-15-8-7-13(20)11-17(15)19/h3-9,11H,10H2,1-2H3. The first kappa shape index (κ1) is 12.6. The van der Waals surface area contributed by atoms with Crippen LogP contribution in [-0.2, 0) is 6.54 Å². The van der Waals surface area contributed by atoms with Gasteiger partial charge in [0.1, 0.15) is 0 Å². The summed E-state index contributed by atoms with van der Waals surface area (Å²) in [5.41, 5.74) is 4.99. The lowest BCUT2D eigenvalue weighted by Gasteiger charge is -2.17. The van der Waals surface area contributed by atoms with Crippen molar-refractivity contribution in [2.45, 2.75) is 20.4 Å². The third-order valence-corrected chi connectivity index (χ3v) is 3.33. The average Bonchev–Trinajstić information content (AvgIpc) is 2.43. The van der Waals surface area contributed by atoms with Gasteiger partial charge in [-0.25, -0.2) is 4.98 Å². The number of rotatable bonds is 2. The zero-order chi connectivity index (χ0) is 14.1. The molecule has 1 aromatic rings. The molecule has 100 valence electrons. The van der Waals surface area contributed by atoms with Crippen molar-refractivity contribution >= 4 is 11.0 Å². The number of fused-ring (bicyclic) bond motifs is 2. The Hall–Kier alpha value is -2.42. The molecule has 2 aliphatic rings. The third-order valence-electron chi connectivity index (χ3n) is 3.33. The highest BCUT2D eigenvalue weighted by Crippen LogP contribution is 2.24. The maximum Gasteiger partial charge on any atom is 0.180 e. The fourth-order valence-electron chi connectivity index (χ4n) is 2.33. The Balaban J connectivity index is 2.38. The van der Waals surface area contributed by atoms with Gasteiger partial charge in [0.25, 0.3) is 0 Å². The van der Waals surface area contributed by atoms with Crippen molar-refractivity contribution in [3.05, 3.63) is 64.3 Å². The van der Waals surface area contributed by atoms with Crippen LogP contribution in [0.3, 0.4) is 0 Å². The molecule has 3 heteroatoms. The topological polar surface area (TPSA) is 34.9 Å². The van der Waals surface area contributed by atoms with E-state index < -0.39 is 0 Å². The van der Waals surface area contributed by atoms with E-state index in [1.54, 1.807) is 18.2 Å². The van der Waals surface area contributed by atoms with Crippen LogP contribution in [0, 0.1) is 0 Å². The Kier molecular flexibility index (Phi) is 3.11. The van der Waals surface area contributed by atoms with Crippen molar-refractivity contribution in [3.8, 4) is 11.4 Å². The Morgan fingerprint density at radius 2 is 2.00 bits per heavy atom. The van der Waals surface area contributed by atoms with E-state index in [0.29, 0.717) is 0 Å². The predicted octanol–water partition coefficient (Wildman–Crippen LogP) is 3.47. The smallest absolute Gasteiger partial charge is 0.180 e. The number of hydrogen-bond acceptors (Lipinski definition) is 2. The summed E-state index contributed by atoms with van der Waals surface area (Å²) in [6.45, 7) is 4.89. The van der Waals surface area contributed by atoms with Gasteiger partial charge >= 0.3 is 0 Å². The number of hydrogen-bond donors (Lipinski definition) is 0. The Bertz CT molecular complexity index is 826. The monoisotopic (exact) mass is 264 g/mol. The van der Waals surface area contributed by atoms with Crippen LogP contribution < -0.4 is 5.43 Å². The van der Waals surface area contributed by atoms with Gasteiger partial charge in [-0.2, -0.15) is 0 Å². The number of para-hydroxylation sites is 2. The minimum Gasteiger partial charge on any atom is -0.334 e. The molecule has 0 bridgehead atoms. The maximum absolute atomic E-state index is 11.7. The zero-order valence-electron chi connectivity index (χ0n) is 11.6. The molecular weight excluding hydrogens is 248 g/mol. The Morgan fingerprint density at radius 3 is 2.80 bits per heavy atom. The van der Waals surface area contributed by atoms with E-state index in [-0.39, 0.29) is 5.43 Å². The first-order chi connectivity index (χ1) is 9.65. The molecule has 0 N–H and O–H groups in total. The van der Waals surface area contributed by atoms with Crippen LogP contribution in [0.4, 0.5) is 0 Å². The molecule has 1 aliphatic carbocycles. The molecule has 20 heavy (non-hydrogen) atoms. The summed E-state index contributed by atoms with van der Waals surface area (Å²) in [5.74, 6) is 0. The van der Waals surface area contributed by atoms with Crippen molar-refractivity contribution in [1.82, 2.24) is 9.55 Å². The molecule has 0 spiro atoms. The quantitative estimate of drug-likeness (QED) is 0.524. The second kappa shape index (κ2) is 4.93. The van der Waals surface area contributed by atoms with Crippen LogP contribution in [0.15, 0.2) is 58.9 Å². The first-order valence-corrected chi connectivity index (χ1v) is 6.68. The minimum atomic E-state index is 0.0144. The largest absolute Gasteiger partial charge is 0.334 e. The molecule has 0 radical (unpaired) electrons. The highest BCUT2D eigenvalue weighted by molar-refractivity contribution is 5.80. The van der Waals surface area contributed by atoms with E-state index in [2.05, 4.69) is 29.5 Å². The number of aromatic nitrogens is 2. The van der Waals surface area contributed by atoms with Crippen molar-refractivity contribution in [1.29, 1.82) is 0 Å². The highest BCUT2D eigenvalue weighted by atomic mass is 16.1. The van der Waals surface area contributed by atoms with Crippen molar-refractivity contribution < 1.29 is 0 Å². The summed E-state index contributed by atoms with van der Waals surface area (Å²) in [5, 5.41) is 0. The molecule has 3 nitrogen and oxygen atoms in total. The highest BCUT2D eigenvalue weighted by Gasteiger charge is 2.11. The summed E-state index contributed by atoms with van der Waals surface area (Å²) >= 11 is 0.